The predicted molar refractivity (Wildman–Crippen MR) is 116 cm³/mol. The molecule has 0 bridgehead atoms. The van der Waals surface area contributed by atoms with Crippen molar-refractivity contribution in [1.82, 2.24) is 0 Å². The first-order chi connectivity index (χ1) is 14.6. The molecule has 1 aromatic carbocycles. The van der Waals surface area contributed by atoms with E-state index >= 15 is 0 Å². The summed E-state index contributed by atoms with van der Waals surface area (Å²) in [4.78, 5) is 29.2. The Labute approximate surface area is 180 Å². The van der Waals surface area contributed by atoms with Crippen molar-refractivity contribution >= 4 is 17.7 Å². The van der Waals surface area contributed by atoms with Gasteiger partial charge in [0.05, 0.1) is 12.3 Å². The monoisotopic (exact) mass is 417 g/mol. The Hall–Kier alpha value is -2.37. The van der Waals surface area contributed by atoms with Crippen molar-refractivity contribution in [2.24, 2.45) is 5.16 Å². The van der Waals surface area contributed by atoms with Crippen LogP contribution < -0.4 is 4.74 Å². The number of ether oxygens (including phenoxy) is 2. The molecular weight excluding hydrogens is 382 g/mol. The number of hydrogen-bond donors (Lipinski definition) is 0. The lowest BCUT2D eigenvalue weighted by Crippen LogP contribution is -2.25. The van der Waals surface area contributed by atoms with Crippen molar-refractivity contribution < 1.29 is 23.9 Å². The van der Waals surface area contributed by atoms with E-state index in [9.17, 15) is 9.59 Å². The highest BCUT2D eigenvalue weighted by atomic mass is 16.7. The number of para-hydroxylation sites is 1. The summed E-state index contributed by atoms with van der Waals surface area (Å²) in [6.45, 7) is 2.02. The molecule has 30 heavy (non-hydrogen) atoms. The fourth-order valence-electron chi connectivity index (χ4n) is 3.34. The standard InChI is InChI=1S/C24H35NO5/c1-20(29-22-16-10-8-11-17-22)24(27)30-25-21-14-9-6-4-2-3-5-7-12-18-23(26)28-19-13-15-21/h8,10-11,16-17,20H,2-7,9,12-15,18-19H2,1H3/b25-21+. The molecule has 0 aliphatic carbocycles. The van der Waals surface area contributed by atoms with Crippen LogP contribution in [0.5, 0.6) is 5.75 Å². The minimum Gasteiger partial charge on any atom is -0.479 e. The van der Waals surface area contributed by atoms with Crippen LogP contribution in [0.3, 0.4) is 0 Å². The molecule has 1 saturated heterocycles. The van der Waals surface area contributed by atoms with E-state index in [0.717, 1.165) is 37.8 Å². The zero-order valence-electron chi connectivity index (χ0n) is 18.1. The van der Waals surface area contributed by atoms with Crippen molar-refractivity contribution in [1.29, 1.82) is 0 Å². The first-order valence-corrected chi connectivity index (χ1v) is 11.3. The summed E-state index contributed by atoms with van der Waals surface area (Å²) in [6.07, 6.45) is 10.9. The number of esters is 1. The van der Waals surface area contributed by atoms with Crippen molar-refractivity contribution in [3.63, 3.8) is 0 Å². The van der Waals surface area contributed by atoms with Gasteiger partial charge in [-0.05, 0) is 51.2 Å². The molecule has 6 heteroatoms. The number of rotatable bonds is 4. The third-order valence-corrected chi connectivity index (χ3v) is 5.12. The van der Waals surface area contributed by atoms with Crippen LogP contribution in [-0.4, -0.2) is 30.4 Å². The summed E-state index contributed by atoms with van der Waals surface area (Å²) < 4.78 is 10.9. The lowest BCUT2D eigenvalue weighted by molar-refractivity contribution is -0.151. The molecule has 0 radical (unpaired) electrons. The maximum Gasteiger partial charge on any atom is 0.374 e. The fraction of sp³-hybridized carbons (Fsp3) is 0.625. The molecule has 1 aromatic rings. The lowest BCUT2D eigenvalue weighted by Gasteiger charge is -2.12. The van der Waals surface area contributed by atoms with Gasteiger partial charge in [-0.2, -0.15) is 0 Å². The SMILES string of the molecule is CC(Oc1ccccc1)C(=O)O/N=C1\CCCCCCCCCCC(=O)OCCC1. The number of oxime groups is 1. The number of cyclic esters (lactones) is 1. The highest BCUT2D eigenvalue weighted by Crippen LogP contribution is 2.14. The number of hydrogen-bond acceptors (Lipinski definition) is 6. The van der Waals surface area contributed by atoms with E-state index in [-0.39, 0.29) is 5.97 Å². The summed E-state index contributed by atoms with van der Waals surface area (Å²) in [5.41, 5.74) is 0.832. The van der Waals surface area contributed by atoms with Gasteiger partial charge >= 0.3 is 11.9 Å². The Balaban J connectivity index is 1.84. The van der Waals surface area contributed by atoms with Gasteiger partial charge in [0.2, 0.25) is 0 Å². The normalized spacial score (nSPS) is 20.2. The second-order valence-corrected chi connectivity index (χ2v) is 7.79. The number of nitrogens with zero attached hydrogens (tertiary/aromatic N) is 1. The minimum atomic E-state index is -0.746. The van der Waals surface area contributed by atoms with Gasteiger partial charge in [0.25, 0.3) is 0 Å². The molecule has 1 fully saturated rings. The van der Waals surface area contributed by atoms with E-state index < -0.39 is 12.1 Å². The van der Waals surface area contributed by atoms with Gasteiger partial charge in [-0.3, -0.25) is 4.79 Å². The maximum absolute atomic E-state index is 12.2. The fourth-order valence-corrected chi connectivity index (χ4v) is 3.34. The van der Waals surface area contributed by atoms with Crippen molar-refractivity contribution in [2.75, 3.05) is 6.61 Å². The molecular formula is C24H35NO5. The molecule has 1 aliphatic heterocycles. The summed E-state index contributed by atoms with van der Waals surface area (Å²) >= 11 is 0. The molecule has 1 unspecified atom stereocenters. The average Bonchev–Trinajstić information content (AvgIpc) is 2.75. The average molecular weight is 418 g/mol. The Kier molecular flexibility index (Phi) is 11.6. The van der Waals surface area contributed by atoms with Gasteiger partial charge in [-0.15, -0.1) is 0 Å². The third kappa shape index (κ3) is 10.4. The van der Waals surface area contributed by atoms with E-state index in [1.54, 1.807) is 19.1 Å². The molecule has 0 N–H and O–H groups in total. The molecule has 0 spiro atoms. The van der Waals surface area contributed by atoms with Crippen molar-refractivity contribution in [3.8, 4) is 5.75 Å². The molecule has 2 rings (SSSR count). The summed E-state index contributed by atoms with van der Waals surface area (Å²) in [7, 11) is 0. The Morgan fingerprint density at radius 2 is 1.50 bits per heavy atom. The van der Waals surface area contributed by atoms with Crippen LogP contribution >= 0.6 is 0 Å². The van der Waals surface area contributed by atoms with Gasteiger partial charge in [0.1, 0.15) is 5.75 Å². The Morgan fingerprint density at radius 3 is 2.20 bits per heavy atom. The van der Waals surface area contributed by atoms with Crippen molar-refractivity contribution in [2.45, 2.75) is 90.1 Å². The van der Waals surface area contributed by atoms with Gasteiger partial charge in [0.15, 0.2) is 6.10 Å². The van der Waals surface area contributed by atoms with Crippen LogP contribution in [0, 0.1) is 0 Å². The van der Waals surface area contributed by atoms with Gasteiger partial charge in [-0.1, -0.05) is 61.9 Å². The molecule has 1 heterocycles. The van der Waals surface area contributed by atoms with E-state index in [2.05, 4.69) is 5.16 Å². The van der Waals surface area contributed by atoms with Crippen LogP contribution in [0.15, 0.2) is 35.5 Å². The van der Waals surface area contributed by atoms with Crippen LogP contribution in [0.25, 0.3) is 0 Å². The molecule has 166 valence electrons. The molecule has 0 aromatic heterocycles. The molecule has 0 amide bonds. The Morgan fingerprint density at radius 1 is 0.900 bits per heavy atom. The van der Waals surface area contributed by atoms with E-state index in [4.69, 9.17) is 14.3 Å². The van der Waals surface area contributed by atoms with Crippen LogP contribution in [0.4, 0.5) is 0 Å². The number of carbonyl (C=O) groups is 2. The quantitative estimate of drug-likeness (QED) is 0.363. The zero-order chi connectivity index (χ0) is 21.4. The molecule has 1 atom stereocenters. The lowest BCUT2D eigenvalue weighted by atomic mass is 10.0. The number of benzene rings is 1. The molecule has 1 aliphatic rings. The zero-order valence-corrected chi connectivity index (χ0v) is 18.1. The van der Waals surface area contributed by atoms with Gasteiger partial charge in [0, 0.05) is 6.42 Å². The van der Waals surface area contributed by atoms with Crippen LogP contribution in [-0.2, 0) is 19.2 Å². The van der Waals surface area contributed by atoms with E-state index in [0.29, 0.717) is 31.6 Å². The van der Waals surface area contributed by atoms with Crippen LogP contribution in [0.1, 0.15) is 84.0 Å². The second kappa shape index (κ2) is 14.6. The van der Waals surface area contributed by atoms with E-state index in [1.807, 2.05) is 18.2 Å². The number of carbonyl (C=O) groups excluding carboxylic acids is 2. The van der Waals surface area contributed by atoms with Gasteiger partial charge < -0.3 is 14.3 Å². The molecule has 0 saturated carbocycles. The van der Waals surface area contributed by atoms with Crippen LogP contribution in [0.2, 0.25) is 0 Å². The first kappa shape index (κ1) is 23.9. The van der Waals surface area contributed by atoms with Crippen molar-refractivity contribution in [3.05, 3.63) is 30.3 Å². The highest BCUT2D eigenvalue weighted by Gasteiger charge is 2.17. The predicted octanol–water partition coefficient (Wildman–Crippen LogP) is 5.59. The second-order valence-electron chi connectivity index (χ2n) is 7.79. The summed E-state index contributed by atoms with van der Waals surface area (Å²) in [5.74, 6) is -0.0371. The largest absolute Gasteiger partial charge is 0.479 e. The molecule has 6 nitrogen and oxygen atoms in total. The highest BCUT2D eigenvalue weighted by molar-refractivity contribution is 5.85. The Bertz CT molecular complexity index is 659. The first-order valence-electron chi connectivity index (χ1n) is 11.3. The summed E-state index contributed by atoms with van der Waals surface area (Å²) in [5, 5.41) is 4.11. The minimum absolute atomic E-state index is 0.126. The third-order valence-electron chi connectivity index (χ3n) is 5.12. The smallest absolute Gasteiger partial charge is 0.374 e. The maximum atomic E-state index is 12.2. The van der Waals surface area contributed by atoms with E-state index in [1.165, 1.54) is 25.7 Å². The summed E-state index contributed by atoms with van der Waals surface area (Å²) in [6, 6.07) is 9.16. The van der Waals surface area contributed by atoms with Gasteiger partial charge in [-0.25, -0.2) is 4.79 Å². The topological polar surface area (TPSA) is 74.2 Å².